The van der Waals surface area contributed by atoms with Crippen LogP contribution in [-0.4, -0.2) is 37.2 Å². The van der Waals surface area contributed by atoms with Gasteiger partial charge in [-0.3, -0.25) is 4.90 Å². The third-order valence-electron chi connectivity index (χ3n) is 7.40. The van der Waals surface area contributed by atoms with Crippen LogP contribution in [0.3, 0.4) is 0 Å². The highest BCUT2D eigenvalue weighted by atomic mass is 19.2. The molecule has 0 radical (unpaired) electrons. The van der Waals surface area contributed by atoms with E-state index >= 15 is 0 Å². The molecule has 0 spiro atoms. The number of piperidine rings is 3. The van der Waals surface area contributed by atoms with Crippen molar-refractivity contribution in [2.45, 2.75) is 37.4 Å². The van der Waals surface area contributed by atoms with Gasteiger partial charge in [-0.15, -0.1) is 0 Å². The summed E-state index contributed by atoms with van der Waals surface area (Å²) in [5.74, 6) is -0.223. The number of methoxy groups -OCH3 is 1. The molecule has 6 rings (SSSR count). The van der Waals surface area contributed by atoms with E-state index < -0.39 is 11.6 Å². The van der Waals surface area contributed by atoms with Crippen LogP contribution >= 0.6 is 0 Å². The predicted molar refractivity (Wildman–Crippen MR) is 126 cm³/mol. The highest BCUT2D eigenvalue weighted by Gasteiger charge is 2.46. The second-order valence-corrected chi connectivity index (χ2v) is 9.14. The maximum atomic E-state index is 14.3. The lowest BCUT2D eigenvalue weighted by Crippen LogP contribution is -2.64. The van der Waals surface area contributed by atoms with Gasteiger partial charge in [0.25, 0.3) is 0 Å². The summed E-state index contributed by atoms with van der Waals surface area (Å²) in [5.41, 5.74) is 3.08. The molecule has 3 nitrogen and oxygen atoms in total. The topological polar surface area (TPSA) is 24.5 Å². The van der Waals surface area contributed by atoms with Gasteiger partial charge in [-0.05, 0) is 61.2 Å². The second-order valence-electron chi connectivity index (χ2n) is 9.14. The first-order valence-electron chi connectivity index (χ1n) is 11.7. The lowest BCUT2D eigenvalue weighted by Gasteiger charge is -2.54. The van der Waals surface area contributed by atoms with Gasteiger partial charge in [0.1, 0.15) is 5.75 Å². The summed E-state index contributed by atoms with van der Waals surface area (Å²) >= 11 is 0. The Morgan fingerprint density at radius 1 is 0.909 bits per heavy atom. The number of benzene rings is 3. The maximum absolute atomic E-state index is 14.3. The van der Waals surface area contributed by atoms with E-state index in [-0.39, 0.29) is 18.0 Å². The Morgan fingerprint density at radius 2 is 1.64 bits per heavy atom. The first kappa shape index (κ1) is 22.1. The lowest BCUT2D eigenvalue weighted by atomic mass is 9.70. The van der Waals surface area contributed by atoms with Crippen molar-refractivity contribution in [2.24, 2.45) is 5.92 Å². The maximum Gasteiger partial charge on any atom is 0.159 e. The summed E-state index contributed by atoms with van der Waals surface area (Å²) in [6.45, 7) is 2.78. The molecule has 3 aromatic rings. The summed E-state index contributed by atoms with van der Waals surface area (Å²) in [5, 5.41) is 3.85. The number of hydrogen-bond acceptors (Lipinski definition) is 3. The van der Waals surface area contributed by atoms with Crippen molar-refractivity contribution in [1.29, 1.82) is 0 Å². The van der Waals surface area contributed by atoms with Gasteiger partial charge >= 0.3 is 0 Å². The molecule has 3 heterocycles. The summed E-state index contributed by atoms with van der Waals surface area (Å²) in [6, 6.07) is 23.1. The molecule has 3 saturated heterocycles. The molecule has 0 amide bonds. The van der Waals surface area contributed by atoms with Gasteiger partial charge in [0.05, 0.1) is 7.11 Å². The predicted octanol–water partition coefficient (Wildman–Crippen LogP) is 5.36. The average Bonchev–Trinajstić information content (AvgIpc) is 2.87. The minimum atomic E-state index is -0.804. The zero-order valence-electron chi connectivity index (χ0n) is 18.9. The average molecular weight is 449 g/mol. The summed E-state index contributed by atoms with van der Waals surface area (Å²) in [4.78, 5) is 2.54. The van der Waals surface area contributed by atoms with Gasteiger partial charge in [0, 0.05) is 30.1 Å². The molecule has 1 N–H and O–H groups in total. The van der Waals surface area contributed by atoms with E-state index in [0.29, 0.717) is 12.5 Å². The SMILES string of the molecule is COc1ccccc1CN[C@@H]1C2CCN(CC2)[C@H]1C(c1ccccc1)c1ccc(F)c(F)c1. The van der Waals surface area contributed by atoms with Crippen molar-refractivity contribution in [3.63, 3.8) is 0 Å². The quantitative estimate of drug-likeness (QED) is 0.527. The molecule has 0 aliphatic carbocycles. The second kappa shape index (κ2) is 9.62. The molecule has 0 saturated carbocycles. The molecular weight excluding hydrogens is 418 g/mol. The van der Waals surface area contributed by atoms with E-state index in [0.717, 1.165) is 48.4 Å². The van der Waals surface area contributed by atoms with E-state index in [9.17, 15) is 8.78 Å². The van der Waals surface area contributed by atoms with Gasteiger partial charge in [-0.2, -0.15) is 0 Å². The van der Waals surface area contributed by atoms with E-state index in [1.165, 1.54) is 12.1 Å². The Hall–Kier alpha value is -2.76. The summed E-state index contributed by atoms with van der Waals surface area (Å²) in [6.07, 6.45) is 2.30. The molecule has 172 valence electrons. The third kappa shape index (κ3) is 4.40. The number of halogens is 2. The smallest absolute Gasteiger partial charge is 0.159 e. The van der Waals surface area contributed by atoms with Crippen LogP contribution in [0.15, 0.2) is 72.8 Å². The van der Waals surface area contributed by atoms with E-state index in [2.05, 4.69) is 28.4 Å². The van der Waals surface area contributed by atoms with Crippen molar-refractivity contribution >= 4 is 0 Å². The van der Waals surface area contributed by atoms with Crippen LogP contribution in [0.2, 0.25) is 0 Å². The van der Waals surface area contributed by atoms with Gasteiger partial charge < -0.3 is 10.1 Å². The first-order chi connectivity index (χ1) is 16.2. The van der Waals surface area contributed by atoms with Gasteiger partial charge in [0.15, 0.2) is 11.6 Å². The minimum Gasteiger partial charge on any atom is -0.496 e. The highest BCUT2D eigenvalue weighted by Crippen LogP contribution is 2.42. The Labute approximate surface area is 194 Å². The molecular formula is C28H30F2N2O. The molecule has 3 aliphatic rings. The van der Waals surface area contributed by atoms with E-state index in [4.69, 9.17) is 4.74 Å². The Morgan fingerprint density at radius 3 is 2.36 bits per heavy atom. The summed E-state index contributed by atoms with van der Waals surface area (Å²) < 4.78 is 33.7. The normalized spacial score (nSPS) is 25.1. The monoisotopic (exact) mass is 448 g/mol. The van der Waals surface area contributed by atoms with E-state index in [1.807, 2.05) is 36.4 Å². The van der Waals surface area contributed by atoms with Crippen molar-refractivity contribution in [2.75, 3.05) is 20.2 Å². The van der Waals surface area contributed by atoms with Crippen molar-refractivity contribution < 1.29 is 13.5 Å². The zero-order chi connectivity index (χ0) is 22.8. The van der Waals surface area contributed by atoms with Gasteiger partial charge in [0.2, 0.25) is 0 Å². The molecule has 33 heavy (non-hydrogen) atoms. The van der Waals surface area contributed by atoms with Crippen molar-refractivity contribution in [3.05, 3.63) is 101 Å². The Balaban J connectivity index is 1.52. The fourth-order valence-corrected chi connectivity index (χ4v) is 5.82. The number of para-hydroxylation sites is 1. The van der Waals surface area contributed by atoms with E-state index in [1.54, 1.807) is 13.2 Å². The number of fused-ring (bicyclic) bond motifs is 3. The first-order valence-corrected chi connectivity index (χ1v) is 11.7. The molecule has 2 bridgehead atoms. The van der Waals surface area contributed by atoms with Crippen LogP contribution < -0.4 is 10.1 Å². The van der Waals surface area contributed by atoms with Crippen LogP contribution in [-0.2, 0) is 6.54 Å². The van der Waals surface area contributed by atoms with Crippen LogP contribution in [0.1, 0.15) is 35.4 Å². The fourth-order valence-electron chi connectivity index (χ4n) is 5.82. The molecule has 3 atom stereocenters. The van der Waals surface area contributed by atoms with Gasteiger partial charge in [-0.25, -0.2) is 8.78 Å². The molecule has 3 aliphatic heterocycles. The highest BCUT2D eigenvalue weighted by molar-refractivity contribution is 5.37. The van der Waals surface area contributed by atoms with Crippen molar-refractivity contribution in [1.82, 2.24) is 10.2 Å². The van der Waals surface area contributed by atoms with Crippen LogP contribution in [0.25, 0.3) is 0 Å². The minimum absolute atomic E-state index is 0.0560. The molecule has 0 aromatic heterocycles. The standard InChI is InChI=1S/C28H30F2N2O/c1-33-25-10-6-5-9-22(25)18-31-27-20-13-15-32(16-14-20)28(27)26(19-7-3-2-4-8-19)21-11-12-23(29)24(30)17-21/h2-12,17,20,26-28,31H,13-16,18H2,1H3/t26?,27-,28+/m1/s1. The largest absolute Gasteiger partial charge is 0.496 e. The molecule has 5 heteroatoms. The number of nitrogens with one attached hydrogen (secondary N) is 1. The van der Waals surface area contributed by atoms with Gasteiger partial charge in [-0.1, -0.05) is 54.6 Å². The lowest BCUT2D eigenvalue weighted by molar-refractivity contribution is 0.00457. The number of nitrogens with zero attached hydrogens (tertiary/aromatic N) is 1. The fraction of sp³-hybridized carbons (Fsp3) is 0.357. The van der Waals surface area contributed by atoms with Crippen LogP contribution in [0.5, 0.6) is 5.75 Å². The molecule has 1 unspecified atom stereocenters. The molecule has 3 fully saturated rings. The Bertz CT molecular complexity index is 1080. The summed E-state index contributed by atoms with van der Waals surface area (Å²) in [7, 11) is 1.70. The molecule has 3 aromatic carbocycles. The van der Waals surface area contributed by atoms with Crippen molar-refractivity contribution in [3.8, 4) is 5.75 Å². The number of ether oxygens (including phenoxy) is 1. The number of rotatable bonds is 7. The van der Waals surface area contributed by atoms with Crippen LogP contribution in [0.4, 0.5) is 8.78 Å². The Kier molecular flexibility index (Phi) is 6.43. The number of hydrogen-bond donors (Lipinski definition) is 1. The zero-order valence-corrected chi connectivity index (χ0v) is 18.9. The third-order valence-corrected chi connectivity index (χ3v) is 7.40. The van der Waals surface area contributed by atoms with Crippen LogP contribution in [0, 0.1) is 17.6 Å².